The fourth-order valence-electron chi connectivity index (χ4n) is 2.38. The summed E-state index contributed by atoms with van der Waals surface area (Å²) in [4.78, 5) is 0. The zero-order valence-corrected chi connectivity index (χ0v) is 11.5. The molecule has 0 aromatic heterocycles. The summed E-state index contributed by atoms with van der Waals surface area (Å²) in [6.45, 7) is 0.571. The second kappa shape index (κ2) is 6.80. The van der Waals surface area contributed by atoms with Gasteiger partial charge in [-0.15, -0.1) is 0 Å². The molecule has 19 heavy (non-hydrogen) atoms. The van der Waals surface area contributed by atoms with Crippen molar-refractivity contribution in [2.45, 2.75) is 38.1 Å². The van der Waals surface area contributed by atoms with Crippen LogP contribution in [0.1, 0.15) is 31.2 Å². The summed E-state index contributed by atoms with van der Waals surface area (Å²) in [6, 6.07) is 4.05. The minimum absolute atomic E-state index is 0.478. The predicted molar refractivity (Wildman–Crippen MR) is 76.1 cm³/mol. The topological polar surface area (TPSA) is 24.1 Å². The number of hydrogen-bond acceptors (Lipinski definition) is 1. The summed E-state index contributed by atoms with van der Waals surface area (Å²) in [5.41, 5.74) is 0.633. The van der Waals surface area contributed by atoms with Gasteiger partial charge in [-0.2, -0.15) is 0 Å². The highest BCUT2D eigenvalue weighted by atomic mass is 32.1. The molecule has 0 heterocycles. The van der Waals surface area contributed by atoms with Gasteiger partial charge >= 0.3 is 0 Å². The van der Waals surface area contributed by atoms with Crippen LogP contribution in [0.5, 0.6) is 0 Å². The van der Waals surface area contributed by atoms with Crippen molar-refractivity contribution in [1.29, 1.82) is 0 Å². The van der Waals surface area contributed by atoms with E-state index in [4.69, 9.17) is 12.2 Å². The molecule has 1 aliphatic carbocycles. The van der Waals surface area contributed by atoms with Gasteiger partial charge in [0, 0.05) is 18.7 Å². The minimum Gasteiger partial charge on any atom is -0.362 e. The molecule has 0 aliphatic heterocycles. The van der Waals surface area contributed by atoms with E-state index in [0.29, 0.717) is 29.7 Å². The minimum atomic E-state index is -0.540. The van der Waals surface area contributed by atoms with Gasteiger partial charge < -0.3 is 10.6 Å². The van der Waals surface area contributed by atoms with Crippen LogP contribution in [0.3, 0.4) is 0 Å². The smallest absolute Gasteiger partial charge is 0.166 e. The Hall–Kier alpha value is -1.23. The quantitative estimate of drug-likeness (QED) is 0.831. The van der Waals surface area contributed by atoms with Crippen LogP contribution in [0.25, 0.3) is 0 Å². The summed E-state index contributed by atoms with van der Waals surface area (Å²) in [5.74, 6) is -1.08. The molecular weight excluding hydrogens is 266 g/mol. The second-order valence-corrected chi connectivity index (χ2v) is 5.32. The average Bonchev–Trinajstić information content (AvgIpc) is 2.80. The fourth-order valence-corrected chi connectivity index (χ4v) is 2.65. The van der Waals surface area contributed by atoms with Crippen LogP contribution >= 0.6 is 12.2 Å². The molecular formula is C14H18F2N2S. The highest BCUT2D eigenvalue weighted by Crippen LogP contribution is 2.17. The Morgan fingerprint density at radius 2 is 1.79 bits per heavy atom. The summed E-state index contributed by atoms with van der Waals surface area (Å²) < 4.78 is 26.0. The van der Waals surface area contributed by atoms with Crippen molar-refractivity contribution < 1.29 is 8.78 Å². The van der Waals surface area contributed by atoms with Gasteiger partial charge in [0.05, 0.1) is 0 Å². The van der Waals surface area contributed by atoms with Gasteiger partial charge in [0.1, 0.15) is 11.6 Å². The molecule has 1 aromatic rings. The summed E-state index contributed by atoms with van der Waals surface area (Å²) in [5, 5.41) is 6.96. The molecule has 1 aliphatic rings. The monoisotopic (exact) mass is 284 g/mol. The van der Waals surface area contributed by atoms with Crippen molar-refractivity contribution in [2.75, 3.05) is 6.54 Å². The van der Waals surface area contributed by atoms with E-state index in [9.17, 15) is 8.78 Å². The molecule has 2 rings (SSSR count). The lowest BCUT2D eigenvalue weighted by atomic mass is 10.1. The standard InChI is InChI=1S/C14H18F2N2S/c15-11-7-10(8-12(16)9-11)5-6-17-14(19)18-13-3-1-2-4-13/h7-9,13H,1-6H2,(H2,17,18,19). The number of halogens is 2. The molecule has 1 saturated carbocycles. The largest absolute Gasteiger partial charge is 0.362 e. The van der Waals surface area contributed by atoms with E-state index in [2.05, 4.69) is 10.6 Å². The van der Waals surface area contributed by atoms with E-state index in [1.54, 1.807) is 0 Å². The van der Waals surface area contributed by atoms with Crippen LogP contribution < -0.4 is 10.6 Å². The van der Waals surface area contributed by atoms with Crippen molar-refractivity contribution in [1.82, 2.24) is 10.6 Å². The third-order valence-corrected chi connectivity index (χ3v) is 3.57. The molecule has 0 unspecified atom stereocenters. The van der Waals surface area contributed by atoms with Gasteiger partial charge in [0.2, 0.25) is 0 Å². The molecule has 2 N–H and O–H groups in total. The molecule has 1 aromatic carbocycles. The van der Waals surface area contributed by atoms with Gasteiger partial charge in [0.25, 0.3) is 0 Å². The van der Waals surface area contributed by atoms with E-state index in [-0.39, 0.29) is 0 Å². The van der Waals surface area contributed by atoms with Crippen molar-refractivity contribution in [2.24, 2.45) is 0 Å². The lowest BCUT2D eigenvalue weighted by Gasteiger charge is -2.15. The second-order valence-electron chi connectivity index (χ2n) is 4.91. The van der Waals surface area contributed by atoms with Gasteiger partial charge in [-0.25, -0.2) is 8.78 Å². The molecule has 2 nitrogen and oxygen atoms in total. The van der Waals surface area contributed by atoms with E-state index in [1.807, 2.05) is 0 Å². The maximum Gasteiger partial charge on any atom is 0.166 e. The number of nitrogens with one attached hydrogen (secondary N) is 2. The first kappa shape index (κ1) is 14.2. The van der Waals surface area contributed by atoms with Crippen molar-refractivity contribution in [3.63, 3.8) is 0 Å². The van der Waals surface area contributed by atoms with Gasteiger partial charge in [-0.05, 0) is 49.2 Å². The van der Waals surface area contributed by atoms with Gasteiger partial charge in [-0.3, -0.25) is 0 Å². The van der Waals surface area contributed by atoms with Crippen molar-refractivity contribution >= 4 is 17.3 Å². The lowest BCUT2D eigenvalue weighted by molar-refractivity contribution is 0.579. The first-order valence-corrected chi connectivity index (χ1v) is 7.03. The third-order valence-electron chi connectivity index (χ3n) is 3.31. The maximum atomic E-state index is 13.0. The molecule has 1 fully saturated rings. The predicted octanol–water partition coefficient (Wildman–Crippen LogP) is 2.91. The van der Waals surface area contributed by atoms with Crippen LogP contribution in [0.4, 0.5) is 8.78 Å². The zero-order chi connectivity index (χ0) is 13.7. The van der Waals surface area contributed by atoms with E-state index in [0.717, 1.165) is 18.9 Å². The summed E-state index contributed by atoms with van der Waals surface area (Å²) in [6.07, 6.45) is 5.38. The van der Waals surface area contributed by atoms with Crippen LogP contribution in [-0.4, -0.2) is 17.7 Å². The van der Waals surface area contributed by atoms with E-state index in [1.165, 1.54) is 25.0 Å². The Bertz CT molecular complexity index is 425. The Kier molecular flexibility index (Phi) is 5.07. The van der Waals surface area contributed by atoms with Crippen LogP contribution in [0, 0.1) is 11.6 Å². The van der Waals surface area contributed by atoms with Crippen molar-refractivity contribution in [3.05, 3.63) is 35.4 Å². The molecule has 104 valence electrons. The fraction of sp³-hybridized carbons (Fsp3) is 0.500. The van der Waals surface area contributed by atoms with Crippen molar-refractivity contribution in [3.8, 4) is 0 Å². The number of rotatable bonds is 4. The van der Waals surface area contributed by atoms with Gasteiger partial charge in [0.15, 0.2) is 5.11 Å². The highest BCUT2D eigenvalue weighted by Gasteiger charge is 2.15. The first-order valence-electron chi connectivity index (χ1n) is 6.63. The number of thiocarbonyl (C=S) groups is 1. The Balaban J connectivity index is 1.71. The normalized spacial score (nSPS) is 15.5. The van der Waals surface area contributed by atoms with E-state index < -0.39 is 11.6 Å². The van der Waals surface area contributed by atoms with Crippen LogP contribution in [0.15, 0.2) is 18.2 Å². The number of hydrogen-bond donors (Lipinski definition) is 2. The SMILES string of the molecule is Fc1cc(F)cc(CCNC(=S)NC2CCCC2)c1. The number of benzene rings is 1. The molecule has 0 spiro atoms. The maximum absolute atomic E-state index is 13.0. The molecule has 0 atom stereocenters. The lowest BCUT2D eigenvalue weighted by Crippen LogP contribution is -2.41. The Morgan fingerprint density at radius 1 is 1.16 bits per heavy atom. The van der Waals surface area contributed by atoms with E-state index >= 15 is 0 Å². The Labute approximate surface area is 117 Å². The third kappa shape index (κ3) is 4.74. The Morgan fingerprint density at radius 3 is 2.42 bits per heavy atom. The summed E-state index contributed by atoms with van der Waals surface area (Å²) >= 11 is 5.19. The zero-order valence-electron chi connectivity index (χ0n) is 10.7. The van der Waals surface area contributed by atoms with Crippen LogP contribution in [-0.2, 0) is 6.42 Å². The molecule has 0 amide bonds. The molecule has 0 saturated heterocycles. The van der Waals surface area contributed by atoms with Crippen LogP contribution in [0.2, 0.25) is 0 Å². The molecule has 0 bridgehead atoms. The average molecular weight is 284 g/mol. The first-order chi connectivity index (χ1) is 9.13. The molecule has 0 radical (unpaired) electrons. The van der Waals surface area contributed by atoms with Gasteiger partial charge in [-0.1, -0.05) is 12.8 Å². The highest BCUT2D eigenvalue weighted by molar-refractivity contribution is 7.80. The molecule has 5 heteroatoms. The summed E-state index contributed by atoms with van der Waals surface area (Å²) in [7, 11) is 0.